The second kappa shape index (κ2) is 4.44. The molecule has 0 spiro atoms. The molecule has 0 saturated carbocycles. The summed E-state index contributed by atoms with van der Waals surface area (Å²) in [4.78, 5) is 0. The minimum absolute atomic E-state index is 3.58. The van der Waals surface area contributed by atoms with Gasteiger partial charge in [0.2, 0.25) is 20.0 Å². The van der Waals surface area contributed by atoms with E-state index >= 15 is 0 Å². The van der Waals surface area contributed by atoms with Crippen molar-refractivity contribution in [2.75, 3.05) is 6.61 Å². The van der Waals surface area contributed by atoms with Gasteiger partial charge in [-0.1, -0.05) is 0 Å². The van der Waals surface area contributed by atoms with Crippen molar-refractivity contribution in [2.45, 2.75) is 8.66 Å². The number of aliphatic hydroxyl groups excluding tert-OH is 1. The molecule has 0 saturated heterocycles. The third-order valence-electron chi connectivity index (χ3n) is 2.46. The van der Waals surface area contributed by atoms with E-state index in [1.54, 1.807) is 0 Å². The predicted octanol–water partition coefficient (Wildman–Crippen LogP) is -0.396. The van der Waals surface area contributed by atoms with Crippen LogP contribution in [0.4, 0.5) is 15.5 Å². The third-order valence-corrected chi connectivity index (χ3v) is 12.0. The molecule has 24 heavy (non-hydrogen) atoms. The van der Waals surface area contributed by atoms with Gasteiger partial charge in [0.25, 0.3) is 28.7 Å². The summed E-state index contributed by atoms with van der Waals surface area (Å²) >= 11 is 0. The zero-order valence-corrected chi connectivity index (χ0v) is 13.9. The lowest BCUT2D eigenvalue weighted by Crippen LogP contribution is -2.80. The van der Waals surface area contributed by atoms with Gasteiger partial charge in [-0.05, 0) is 0 Å². The molecular weight excluding hydrogens is 448 g/mol. The maximum atomic E-state index is 13.5. The Morgan fingerprint density at radius 3 is 0.917 bits per heavy atom. The van der Waals surface area contributed by atoms with Crippen LogP contribution in [0.1, 0.15) is 0 Å². The predicted molar refractivity (Wildman–Crippen MR) is 71.6 cm³/mol. The molecule has 0 atom stereocenters. The minimum Gasteiger partial charge on any atom is -0.393 e. The average Bonchev–Trinajstić information content (AvgIpc) is 1.98. The number of hydrogen-bond donors (Lipinski definition) is 9. The van der Waals surface area contributed by atoms with E-state index in [2.05, 4.69) is 0 Å². The van der Waals surface area contributed by atoms with Crippen LogP contribution in [0.2, 0.25) is 0 Å². The summed E-state index contributed by atoms with van der Waals surface area (Å²) in [6.45, 7) is -3.58. The quantitative estimate of drug-likeness (QED) is 0.181. The molecular formula is C3H12F4O13S4. The first-order valence-electron chi connectivity index (χ1n) is 4.58. The highest BCUT2D eigenvalue weighted by atomic mass is 32.4. The first-order valence-corrected chi connectivity index (χ1v) is 11.8. The van der Waals surface area contributed by atoms with Crippen molar-refractivity contribution in [3.8, 4) is 0 Å². The molecule has 0 radical (unpaired) electrons. The van der Waals surface area contributed by atoms with Crippen LogP contribution in [-0.2, 0) is 40.1 Å². The summed E-state index contributed by atoms with van der Waals surface area (Å²) in [7, 11) is -37.0. The number of halogens is 4. The molecule has 9 N–H and O–H groups in total. The molecule has 0 heterocycles. The molecule has 0 bridgehead atoms. The monoisotopic (exact) mass is 460 g/mol. The van der Waals surface area contributed by atoms with Crippen molar-refractivity contribution >= 4 is 40.1 Å². The van der Waals surface area contributed by atoms with E-state index in [9.17, 15) is 32.4 Å². The highest BCUT2D eigenvalue weighted by Crippen LogP contribution is 2.61. The van der Waals surface area contributed by atoms with E-state index in [-0.39, 0.29) is 0 Å². The molecule has 0 aromatic heterocycles. The molecule has 0 rings (SSSR count). The van der Waals surface area contributed by atoms with E-state index in [1.807, 2.05) is 0 Å². The SMILES string of the molecule is O=S(O)(O)(F)C(C(CO)(S(=O)(O)(O)F)S(=O)(O)(O)F)S(=O)(O)(O)F. The molecule has 13 nitrogen and oxygen atoms in total. The molecule has 0 aliphatic rings. The van der Waals surface area contributed by atoms with Gasteiger partial charge in [-0.25, -0.2) is 0 Å². The van der Waals surface area contributed by atoms with E-state index in [4.69, 9.17) is 41.5 Å². The molecule has 0 fully saturated rings. The van der Waals surface area contributed by atoms with Crippen molar-refractivity contribution in [3.63, 3.8) is 0 Å². The lowest BCUT2D eigenvalue weighted by molar-refractivity contribution is 0.184. The minimum atomic E-state index is -9.32. The van der Waals surface area contributed by atoms with Crippen LogP contribution in [0.25, 0.3) is 0 Å². The Hall–Kier alpha value is -0.0400. The van der Waals surface area contributed by atoms with Crippen LogP contribution in [-0.4, -0.2) is 73.6 Å². The van der Waals surface area contributed by atoms with E-state index in [0.29, 0.717) is 0 Å². The van der Waals surface area contributed by atoms with Crippen LogP contribution in [0.3, 0.4) is 0 Å². The van der Waals surface area contributed by atoms with Crippen molar-refractivity contribution in [3.05, 3.63) is 0 Å². The Kier molecular flexibility index (Phi) is 4.43. The molecule has 0 unspecified atom stereocenters. The Bertz CT molecular complexity index is 725. The molecule has 0 aromatic carbocycles. The first-order chi connectivity index (χ1) is 9.47. The van der Waals surface area contributed by atoms with Gasteiger partial charge < -0.3 is 5.11 Å². The summed E-state index contributed by atoms with van der Waals surface area (Å²) in [5.41, 5.74) is 0. The van der Waals surface area contributed by atoms with Gasteiger partial charge in [-0.15, -0.1) is 15.5 Å². The number of rotatable bonds is 6. The van der Waals surface area contributed by atoms with Crippen molar-refractivity contribution < 1.29 is 73.9 Å². The van der Waals surface area contributed by atoms with Crippen molar-refractivity contribution in [2.24, 2.45) is 0 Å². The van der Waals surface area contributed by atoms with Gasteiger partial charge in [-0.3, -0.25) is 36.4 Å². The Morgan fingerprint density at radius 2 is 0.875 bits per heavy atom. The van der Waals surface area contributed by atoms with Crippen molar-refractivity contribution in [1.82, 2.24) is 0 Å². The Morgan fingerprint density at radius 1 is 0.667 bits per heavy atom. The van der Waals surface area contributed by atoms with Crippen LogP contribution >= 0.6 is 0 Å². The normalized spacial score (nSPS) is 25.4. The van der Waals surface area contributed by atoms with Gasteiger partial charge in [-0.2, -0.15) is 16.8 Å². The average molecular weight is 460 g/mol. The first kappa shape index (κ1) is 24.0. The van der Waals surface area contributed by atoms with Crippen LogP contribution < -0.4 is 0 Å². The Labute approximate surface area is 129 Å². The fourth-order valence-corrected chi connectivity index (χ4v) is 12.1. The number of aliphatic hydroxyl groups is 1. The topological polar surface area (TPSA) is 250 Å². The van der Waals surface area contributed by atoms with Gasteiger partial charge in [0.05, 0.1) is 6.61 Å². The summed E-state index contributed by atoms with van der Waals surface area (Å²) in [6, 6.07) is 0. The summed E-state index contributed by atoms with van der Waals surface area (Å²) in [5.74, 6) is 0. The van der Waals surface area contributed by atoms with E-state index in [1.165, 1.54) is 0 Å². The molecule has 0 aliphatic carbocycles. The Balaban J connectivity index is 7.94. The zero-order chi connectivity index (χ0) is 20.6. The summed E-state index contributed by atoms with van der Waals surface area (Å²) < 4.78 is 153. The lowest BCUT2D eigenvalue weighted by Gasteiger charge is -2.54. The summed E-state index contributed by atoms with van der Waals surface area (Å²) in [6.07, 6.45) is 0. The van der Waals surface area contributed by atoms with Gasteiger partial charge >= 0.3 is 0 Å². The van der Waals surface area contributed by atoms with Crippen LogP contribution in [0.5, 0.6) is 0 Å². The standard InChI is InChI=1S/C3H12F4O13S4/c4-21(9,10,11)2(22(5,12,13)14)3(1-8,23(6,15,16)17)24(7,18,19)20/h2,8H,1H2,(H2,9,10,11)(H2,12,13,14)(H2,15,16,17)(H2,18,19,20). The molecule has 154 valence electrons. The zero-order valence-electron chi connectivity index (χ0n) is 10.6. The smallest absolute Gasteiger partial charge is 0.280 e. The summed E-state index contributed by atoms with van der Waals surface area (Å²) in [5, 5.41) is 8.62. The molecule has 21 heteroatoms. The van der Waals surface area contributed by atoms with Gasteiger partial charge in [0.1, 0.15) is 0 Å². The lowest BCUT2D eigenvalue weighted by atomic mass is 10.5. The fraction of sp³-hybridized carbons (Fsp3) is 1.00. The van der Waals surface area contributed by atoms with Crippen LogP contribution in [0.15, 0.2) is 0 Å². The second-order valence-electron chi connectivity index (χ2n) is 4.51. The number of hydrogen-bond acceptors (Lipinski definition) is 5. The highest BCUT2D eigenvalue weighted by molar-refractivity contribution is 8.30. The molecule has 0 amide bonds. The van der Waals surface area contributed by atoms with Gasteiger partial charge in [0.15, 0.2) is 0 Å². The van der Waals surface area contributed by atoms with Crippen molar-refractivity contribution in [1.29, 1.82) is 0 Å². The maximum Gasteiger partial charge on any atom is 0.280 e. The van der Waals surface area contributed by atoms with E-state index < -0.39 is 55.3 Å². The van der Waals surface area contributed by atoms with Crippen LogP contribution in [0, 0.1) is 0 Å². The molecule has 0 aromatic rings. The van der Waals surface area contributed by atoms with Gasteiger partial charge in [0, 0.05) is 0 Å². The van der Waals surface area contributed by atoms with E-state index in [0.717, 1.165) is 0 Å². The molecule has 0 aliphatic heterocycles. The second-order valence-corrected chi connectivity index (χ2v) is 13.9. The third kappa shape index (κ3) is 4.02. The highest BCUT2D eigenvalue weighted by Gasteiger charge is 2.87. The fourth-order valence-electron chi connectivity index (χ4n) is 1.73. The maximum absolute atomic E-state index is 13.5. The largest absolute Gasteiger partial charge is 0.393 e.